The molecule has 0 saturated heterocycles. The van der Waals surface area contributed by atoms with Crippen LogP contribution in [-0.4, -0.2) is 34.7 Å². The number of nitrogens with one attached hydrogen (secondary N) is 1. The van der Waals surface area contributed by atoms with E-state index in [0.29, 0.717) is 18.9 Å². The molecule has 5 nitrogen and oxygen atoms in total. The summed E-state index contributed by atoms with van der Waals surface area (Å²) in [6.45, 7) is 0.597. The maximum Gasteiger partial charge on any atom is 0.199 e. The second-order valence-electron chi connectivity index (χ2n) is 2.35. The maximum absolute atomic E-state index is 11.2. The van der Waals surface area contributed by atoms with Crippen LogP contribution in [0, 0.1) is 0 Å². The summed E-state index contributed by atoms with van der Waals surface area (Å²) in [5.74, 6) is 0.302. The zero-order valence-electron chi connectivity index (χ0n) is 6.91. The van der Waals surface area contributed by atoms with E-state index < -0.39 is 0 Å². The molecule has 0 fully saturated rings. The molecule has 1 aromatic rings. The van der Waals surface area contributed by atoms with Crippen LogP contribution < -0.4 is 0 Å². The van der Waals surface area contributed by atoms with E-state index in [1.807, 2.05) is 0 Å². The second kappa shape index (κ2) is 4.61. The van der Waals surface area contributed by atoms with E-state index >= 15 is 0 Å². The van der Waals surface area contributed by atoms with E-state index in [9.17, 15) is 4.79 Å². The quantitative estimate of drug-likeness (QED) is 0.512. The first kappa shape index (κ1) is 8.86. The molecule has 0 radical (unpaired) electrons. The number of aromatic amines is 1. The lowest BCUT2D eigenvalue weighted by Crippen LogP contribution is -2.03. The Balaban J connectivity index is 2.30. The number of carbonyl (C=O) groups excluding carboxylic acids is 1. The number of methoxy groups -OCH3 is 1. The van der Waals surface area contributed by atoms with Gasteiger partial charge in [-0.1, -0.05) is 0 Å². The first-order valence-corrected chi connectivity index (χ1v) is 3.72. The van der Waals surface area contributed by atoms with Crippen molar-refractivity contribution in [3.8, 4) is 0 Å². The molecular formula is C7H11N3O2. The van der Waals surface area contributed by atoms with E-state index in [1.165, 1.54) is 6.33 Å². The highest BCUT2D eigenvalue weighted by molar-refractivity contribution is 5.92. The first-order chi connectivity index (χ1) is 5.84. The summed E-state index contributed by atoms with van der Waals surface area (Å²) in [5, 5.41) is 6.10. The number of ether oxygens (including phenoxy) is 1. The number of Topliss-reactive ketones (excluding diaryl/α,β-unsaturated/α-hetero) is 1. The molecule has 1 aromatic heterocycles. The maximum atomic E-state index is 11.2. The van der Waals surface area contributed by atoms with Crippen molar-refractivity contribution in [1.29, 1.82) is 0 Å². The van der Waals surface area contributed by atoms with Gasteiger partial charge in [0.25, 0.3) is 0 Å². The molecule has 0 aliphatic carbocycles. The predicted molar refractivity (Wildman–Crippen MR) is 41.8 cm³/mol. The van der Waals surface area contributed by atoms with Gasteiger partial charge in [0.05, 0.1) is 0 Å². The Labute approximate surface area is 70.1 Å². The number of rotatable bonds is 5. The minimum Gasteiger partial charge on any atom is -0.385 e. The first-order valence-electron chi connectivity index (χ1n) is 3.72. The number of H-pyrrole nitrogens is 1. The van der Waals surface area contributed by atoms with Crippen LogP contribution in [0.3, 0.4) is 0 Å². The van der Waals surface area contributed by atoms with Crippen LogP contribution in [0.4, 0.5) is 0 Å². The summed E-state index contributed by atoms with van der Waals surface area (Å²) in [4.78, 5) is 14.9. The number of hydrogen-bond donors (Lipinski definition) is 1. The SMILES string of the molecule is COCCCC(=O)c1ncn[nH]1. The highest BCUT2D eigenvalue weighted by Crippen LogP contribution is 1.97. The fourth-order valence-electron chi connectivity index (χ4n) is 0.835. The molecule has 0 spiro atoms. The van der Waals surface area contributed by atoms with E-state index in [1.54, 1.807) is 7.11 Å². The summed E-state index contributed by atoms with van der Waals surface area (Å²) < 4.78 is 4.81. The van der Waals surface area contributed by atoms with Crippen LogP contribution in [-0.2, 0) is 4.74 Å². The predicted octanol–water partition coefficient (Wildman–Crippen LogP) is 0.414. The van der Waals surface area contributed by atoms with Gasteiger partial charge in [0, 0.05) is 20.1 Å². The van der Waals surface area contributed by atoms with Crippen LogP contribution in [0.5, 0.6) is 0 Å². The van der Waals surface area contributed by atoms with Crippen molar-refractivity contribution in [2.75, 3.05) is 13.7 Å². The van der Waals surface area contributed by atoms with Gasteiger partial charge in [0.15, 0.2) is 11.6 Å². The number of aromatic nitrogens is 3. The van der Waals surface area contributed by atoms with Crippen molar-refractivity contribution >= 4 is 5.78 Å². The van der Waals surface area contributed by atoms with E-state index in [4.69, 9.17) is 4.74 Å². The molecule has 0 amide bonds. The van der Waals surface area contributed by atoms with Gasteiger partial charge in [0.2, 0.25) is 0 Å². The van der Waals surface area contributed by atoms with Crippen LogP contribution in [0.1, 0.15) is 23.5 Å². The van der Waals surface area contributed by atoms with Gasteiger partial charge in [-0.2, -0.15) is 5.10 Å². The normalized spacial score (nSPS) is 10.1. The summed E-state index contributed by atoms with van der Waals surface area (Å²) in [6, 6.07) is 0. The van der Waals surface area contributed by atoms with Crippen molar-refractivity contribution in [1.82, 2.24) is 15.2 Å². The lowest BCUT2D eigenvalue weighted by atomic mass is 10.2. The molecule has 0 aromatic carbocycles. The summed E-state index contributed by atoms with van der Waals surface area (Å²) in [7, 11) is 1.61. The van der Waals surface area contributed by atoms with E-state index in [-0.39, 0.29) is 5.78 Å². The van der Waals surface area contributed by atoms with Crippen LogP contribution in [0.2, 0.25) is 0 Å². The topological polar surface area (TPSA) is 67.9 Å². The number of nitrogens with zero attached hydrogens (tertiary/aromatic N) is 2. The molecule has 0 atom stereocenters. The standard InChI is InChI=1S/C7H11N3O2/c1-12-4-2-3-6(11)7-8-5-9-10-7/h5H,2-4H2,1H3,(H,8,9,10). The van der Waals surface area contributed by atoms with E-state index in [0.717, 1.165) is 6.42 Å². The van der Waals surface area contributed by atoms with Gasteiger partial charge in [-0.3, -0.25) is 9.89 Å². The van der Waals surface area contributed by atoms with Crippen LogP contribution in [0.15, 0.2) is 6.33 Å². The Morgan fingerprint density at radius 1 is 1.75 bits per heavy atom. The Bertz CT molecular complexity index is 233. The molecule has 5 heteroatoms. The smallest absolute Gasteiger partial charge is 0.199 e. The summed E-state index contributed by atoms with van der Waals surface area (Å²) in [6.07, 6.45) is 2.49. The van der Waals surface area contributed by atoms with Crippen molar-refractivity contribution in [3.63, 3.8) is 0 Å². The molecule has 66 valence electrons. The van der Waals surface area contributed by atoms with Crippen LogP contribution in [0.25, 0.3) is 0 Å². The Kier molecular flexibility index (Phi) is 3.40. The fourth-order valence-corrected chi connectivity index (χ4v) is 0.835. The number of carbonyl (C=O) groups is 1. The Morgan fingerprint density at radius 3 is 3.17 bits per heavy atom. The zero-order valence-corrected chi connectivity index (χ0v) is 6.91. The second-order valence-corrected chi connectivity index (χ2v) is 2.35. The molecule has 0 aliphatic rings. The molecule has 0 aliphatic heterocycles. The van der Waals surface area contributed by atoms with Crippen molar-refractivity contribution < 1.29 is 9.53 Å². The molecule has 0 saturated carbocycles. The minimum absolute atomic E-state index is 0.0236. The summed E-state index contributed by atoms with van der Waals surface area (Å²) in [5.41, 5.74) is 0. The molecule has 1 N–H and O–H groups in total. The van der Waals surface area contributed by atoms with Crippen molar-refractivity contribution in [2.24, 2.45) is 0 Å². The summed E-state index contributed by atoms with van der Waals surface area (Å²) >= 11 is 0. The molecule has 1 heterocycles. The zero-order chi connectivity index (χ0) is 8.81. The molecule has 1 rings (SSSR count). The largest absolute Gasteiger partial charge is 0.385 e. The van der Waals surface area contributed by atoms with Crippen molar-refractivity contribution in [3.05, 3.63) is 12.2 Å². The van der Waals surface area contributed by atoms with Gasteiger partial charge in [-0.05, 0) is 6.42 Å². The van der Waals surface area contributed by atoms with Gasteiger partial charge in [0.1, 0.15) is 6.33 Å². The number of hydrogen-bond acceptors (Lipinski definition) is 4. The average molecular weight is 169 g/mol. The highest BCUT2D eigenvalue weighted by Gasteiger charge is 2.07. The van der Waals surface area contributed by atoms with Gasteiger partial charge < -0.3 is 4.74 Å². The third-order valence-corrected chi connectivity index (χ3v) is 1.43. The van der Waals surface area contributed by atoms with Gasteiger partial charge in [-0.25, -0.2) is 4.98 Å². The third kappa shape index (κ3) is 2.43. The lowest BCUT2D eigenvalue weighted by molar-refractivity contribution is 0.0954. The Morgan fingerprint density at radius 2 is 2.58 bits per heavy atom. The Hall–Kier alpha value is -1.23. The highest BCUT2D eigenvalue weighted by atomic mass is 16.5. The average Bonchev–Trinajstić information content (AvgIpc) is 2.56. The van der Waals surface area contributed by atoms with E-state index in [2.05, 4.69) is 15.2 Å². The fraction of sp³-hybridized carbons (Fsp3) is 0.571. The van der Waals surface area contributed by atoms with Crippen molar-refractivity contribution in [2.45, 2.75) is 12.8 Å². The van der Waals surface area contributed by atoms with Gasteiger partial charge in [-0.15, -0.1) is 0 Å². The number of ketones is 1. The minimum atomic E-state index is -0.0236. The van der Waals surface area contributed by atoms with Gasteiger partial charge >= 0.3 is 0 Å². The molecular weight excluding hydrogens is 158 g/mol. The van der Waals surface area contributed by atoms with Crippen LogP contribution >= 0.6 is 0 Å². The monoisotopic (exact) mass is 169 g/mol. The lowest BCUT2D eigenvalue weighted by Gasteiger charge is -1.95. The molecule has 12 heavy (non-hydrogen) atoms. The molecule has 0 unspecified atom stereocenters. The molecule has 0 bridgehead atoms. The third-order valence-electron chi connectivity index (χ3n) is 1.43.